The molecule has 0 spiro atoms. The van der Waals surface area contributed by atoms with Crippen LogP contribution in [-0.2, 0) is 6.54 Å². The van der Waals surface area contributed by atoms with Gasteiger partial charge in [-0.25, -0.2) is 4.39 Å². The first kappa shape index (κ1) is 16.2. The van der Waals surface area contributed by atoms with Gasteiger partial charge in [-0.05, 0) is 31.9 Å². The lowest BCUT2D eigenvalue weighted by Gasteiger charge is -2.41. The van der Waals surface area contributed by atoms with Gasteiger partial charge in [0.1, 0.15) is 11.6 Å². The van der Waals surface area contributed by atoms with Crippen LogP contribution in [0, 0.1) is 5.82 Å². The number of hydrogen-bond acceptors (Lipinski definition) is 3. The van der Waals surface area contributed by atoms with Gasteiger partial charge in [0, 0.05) is 30.3 Å². The molecule has 0 atom stereocenters. The molecule has 1 aromatic carbocycles. The number of nitrogens with two attached hydrogens (primary N) is 1. The first-order chi connectivity index (χ1) is 10.1. The highest BCUT2D eigenvalue weighted by Gasteiger charge is 2.38. The molecule has 3 nitrogen and oxygen atoms in total. The summed E-state index contributed by atoms with van der Waals surface area (Å²) in [5.41, 5.74) is 6.87. The predicted octanol–water partition coefficient (Wildman–Crippen LogP) is 3.32. The molecule has 0 aromatic heterocycles. The molecule has 0 radical (unpaired) electrons. The van der Waals surface area contributed by atoms with Crippen LogP contribution in [0.25, 0.3) is 0 Å². The van der Waals surface area contributed by atoms with Crippen LogP contribution < -0.4 is 10.5 Å². The molecule has 1 aliphatic rings. The van der Waals surface area contributed by atoms with Crippen LogP contribution in [-0.4, -0.2) is 30.6 Å². The molecule has 0 unspecified atom stereocenters. The smallest absolute Gasteiger partial charge is 0.131 e. The van der Waals surface area contributed by atoms with Crippen molar-refractivity contribution in [2.24, 2.45) is 5.73 Å². The Labute approximate surface area is 127 Å². The van der Waals surface area contributed by atoms with E-state index in [4.69, 9.17) is 10.5 Å². The molecule has 1 aromatic rings. The van der Waals surface area contributed by atoms with Crippen molar-refractivity contribution in [2.45, 2.75) is 51.1 Å². The molecular weight excluding hydrogens is 267 g/mol. The van der Waals surface area contributed by atoms with Gasteiger partial charge in [-0.1, -0.05) is 25.8 Å². The van der Waals surface area contributed by atoms with Crippen LogP contribution in [0.5, 0.6) is 5.75 Å². The molecule has 2 N–H and O–H groups in total. The molecule has 4 heteroatoms. The molecule has 0 saturated heterocycles. The molecule has 118 valence electrons. The molecule has 1 fully saturated rings. The van der Waals surface area contributed by atoms with Crippen molar-refractivity contribution < 1.29 is 9.13 Å². The minimum atomic E-state index is -0.194. The highest BCUT2D eigenvalue weighted by molar-refractivity contribution is 5.29. The van der Waals surface area contributed by atoms with Crippen molar-refractivity contribution in [3.63, 3.8) is 0 Å². The third-order valence-corrected chi connectivity index (χ3v) is 4.70. The largest absolute Gasteiger partial charge is 0.497 e. The van der Waals surface area contributed by atoms with Gasteiger partial charge in [0.2, 0.25) is 0 Å². The molecule has 1 saturated carbocycles. The molecule has 1 aliphatic carbocycles. The molecular formula is C17H27FN2O. The Kier molecular flexibility index (Phi) is 5.59. The molecule has 0 heterocycles. The van der Waals surface area contributed by atoms with Gasteiger partial charge < -0.3 is 10.5 Å². The van der Waals surface area contributed by atoms with E-state index in [9.17, 15) is 4.39 Å². The van der Waals surface area contributed by atoms with Crippen molar-refractivity contribution in [2.75, 3.05) is 20.2 Å². The summed E-state index contributed by atoms with van der Waals surface area (Å²) in [5.74, 6) is 0.369. The fourth-order valence-corrected chi connectivity index (χ4v) is 3.43. The van der Waals surface area contributed by atoms with Gasteiger partial charge in [0.25, 0.3) is 0 Å². The monoisotopic (exact) mass is 294 g/mol. The van der Waals surface area contributed by atoms with Crippen molar-refractivity contribution >= 4 is 0 Å². The SMILES string of the molecule is CCCN(Cc1ccc(OC)cc1F)C1(CN)CCCC1. The Morgan fingerprint density at radius 3 is 2.57 bits per heavy atom. The Morgan fingerprint density at radius 1 is 1.33 bits per heavy atom. The normalized spacial score (nSPS) is 17.4. The maximum absolute atomic E-state index is 14.2. The minimum Gasteiger partial charge on any atom is -0.497 e. The van der Waals surface area contributed by atoms with Gasteiger partial charge in [-0.2, -0.15) is 0 Å². The summed E-state index contributed by atoms with van der Waals surface area (Å²) < 4.78 is 19.3. The van der Waals surface area contributed by atoms with Crippen molar-refractivity contribution in [3.8, 4) is 5.75 Å². The van der Waals surface area contributed by atoms with E-state index in [1.165, 1.54) is 18.9 Å². The van der Waals surface area contributed by atoms with E-state index in [2.05, 4.69) is 11.8 Å². The third kappa shape index (κ3) is 3.55. The zero-order chi connectivity index (χ0) is 15.3. The van der Waals surface area contributed by atoms with E-state index in [0.717, 1.165) is 31.4 Å². The van der Waals surface area contributed by atoms with Crippen LogP contribution in [0.3, 0.4) is 0 Å². The number of nitrogens with zero attached hydrogens (tertiary/aromatic N) is 1. The van der Waals surface area contributed by atoms with Crippen LogP contribution in [0.2, 0.25) is 0 Å². The average Bonchev–Trinajstić information content (AvgIpc) is 2.98. The van der Waals surface area contributed by atoms with E-state index in [1.807, 2.05) is 12.1 Å². The molecule has 0 aliphatic heterocycles. The number of halogens is 1. The van der Waals surface area contributed by atoms with Crippen LogP contribution in [0.1, 0.15) is 44.6 Å². The highest BCUT2D eigenvalue weighted by atomic mass is 19.1. The summed E-state index contributed by atoms with van der Waals surface area (Å²) >= 11 is 0. The lowest BCUT2D eigenvalue weighted by atomic mass is 9.94. The van der Waals surface area contributed by atoms with E-state index >= 15 is 0 Å². The van der Waals surface area contributed by atoms with E-state index < -0.39 is 0 Å². The average molecular weight is 294 g/mol. The minimum absolute atomic E-state index is 0.0579. The number of ether oxygens (including phenoxy) is 1. The predicted molar refractivity (Wildman–Crippen MR) is 83.9 cm³/mol. The second-order valence-electron chi connectivity index (χ2n) is 6.01. The molecule has 0 amide bonds. The van der Waals surface area contributed by atoms with Crippen LogP contribution in [0.4, 0.5) is 4.39 Å². The maximum Gasteiger partial charge on any atom is 0.131 e. The van der Waals surface area contributed by atoms with E-state index in [1.54, 1.807) is 7.11 Å². The Morgan fingerprint density at radius 2 is 2.05 bits per heavy atom. The number of hydrogen-bond donors (Lipinski definition) is 1. The lowest BCUT2D eigenvalue weighted by molar-refractivity contribution is 0.0891. The zero-order valence-corrected chi connectivity index (χ0v) is 13.2. The van der Waals surface area contributed by atoms with Gasteiger partial charge in [0.15, 0.2) is 0 Å². The zero-order valence-electron chi connectivity index (χ0n) is 13.2. The van der Waals surface area contributed by atoms with E-state index in [0.29, 0.717) is 18.8 Å². The van der Waals surface area contributed by atoms with Gasteiger partial charge in [-0.3, -0.25) is 4.90 Å². The van der Waals surface area contributed by atoms with E-state index in [-0.39, 0.29) is 11.4 Å². The number of rotatable bonds is 7. The van der Waals surface area contributed by atoms with Gasteiger partial charge in [-0.15, -0.1) is 0 Å². The highest BCUT2D eigenvalue weighted by Crippen LogP contribution is 2.36. The maximum atomic E-state index is 14.2. The van der Waals surface area contributed by atoms with Gasteiger partial charge in [0.05, 0.1) is 7.11 Å². The lowest BCUT2D eigenvalue weighted by Crippen LogP contribution is -2.51. The van der Waals surface area contributed by atoms with Crippen molar-refractivity contribution in [1.29, 1.82) is 0 Å². The second kappa shape index (κ2) is 7.23. The summed E-state index contributed by atoms with van der Waals surface area (Å²) in [6, 6.07) is 5.12. The summed E-state index contributed by atoms with van der Waals surface area (Å²) in [6.07, 6.45) is 5.76. The molecule has 0 bridgehead atoms. The Bertz CT molecular complexity index is 458. The first-order valence-corrected chi connectivity index (χ1v) is 7.93. The third-order valence-electron chi connectivity index (χ3n) is 4.70. The van der Waals surface area contributed by atoms with Gasteiger partial charge >= 0.3 is 0 Å². The van der Waals surface area contributed by atoms with Crippen molar-refractivity contribution in [1.82, 2.24) is 4.90 Å². The second-order valence-corrected chi connectivity index (χ2v) is 6.01. The van der Waals surface area contributed by atoms with Crippen LogP contribution in [0.15, 0.2) is 18.2 Å². The fourth-order valence-electron chi connectivity index (χ4n) is 3.43. The number of methoxy groups -OCH3 is 1. The Balaban J connectivity index is 2.19. The summed E-state index contributed by atoms with van der Waals surface area (Å²) in [7, 11) is 1.56. The summed E-state index contributed by atoms with van der Waals surface area (Å²) in [6.45, 7) is 4.41. The standard InChI is InChI=1S/C17H27FN2O/c1-3-10-20(17(13-19)8-4-5-9-17)12-14-6-7-15(21-2)11-16(14)18/h6-7,11H,3-5,8-10,12-13,19H2,1-2H3. The van der Waals surface area contributed by atoms with Crippen LogP contribution >= 0.6 is 0 Å². The summed E-state index contributed by atoms with van der Waals surface area (Å²) in [5, 5.41) is 0. The first-order valence-electron chi connectivity index (χ1n) is 7.93. The summed E-state index contributed by atoms with van der Waals surface area (Å²) in [4.78, 5) is 2.39. The quantitative estimate of drug-likeness (QED) is 0.838. The number of benzene rings is 1. The topological polar surface area (TPSA) is 38.5 Å². The Hall–Kier alpha value is -1.13. The van der Waals surface area contributed by atoms with Crippen molar-refractivity contribution in [3.05, 3.63) is 29.6 Å². The fraction of sp³-hybridized carbons (Fsp3) is 0.647. The molecule has 2 rings (SSSR count). The molecule has 21 heavy (non-hydrogen) atoms.